The monoisotopic (exact) mass is 227 g/mol. The average Bonchev–Trinajstić information content (AvgIpc) is 2.87. The van der Waals surface area contributed by atoms with Crippen molar-refractivity contribution in [2.24, 2.45) is 0 Å². The smallest absolute Gasteiger partial charge is 0.0935 e. The first-order valence-electron chi connectivity index (χ1n) is 6.14. The maximum absolute atomic E-state index is 4.51. The van der Waals surface area contributed by atoms with Crippen LogP contribution in [0, 0.1) is 0 Å². The molecule has 0 aliphatic carbocycles. The topological polar surface area (TPSA) is 28.2 Å². The molecule has 1 saturated heterocycles. The van der Waals surface area contributed by atoms with E-state index in [-0.39, 0.29) is 0 Å². The van der Waals surface area contributed by atoms with Crippen molar-refractivity contribution in [1.82, 2.24) is 10.3 Å². The number of hydrogen-bond donors (Lipinski definition) is 1. The van der Waals surface area contributed by atoms with Crippen molar-refractivity contribution < 1.29 is 0 Å². The Hall–Kier alpha value is -1.61. The largest absolute Gasteiger partial charge is 0.368 e. The predicted octanol–water partition coefficient (Wildman–Crippen LogP) is 2.03. The molecule has 1 aliphatic rings. The molecule has 1 fully saturated rings. The SMILES string of the molecule is CNC1CCN(c2cccc3cccnc23)C1. The molecule has 1 aromatic heterocycles. The molecule has 0 radical (unpaired) electrons. The molecule has 1 aromatic carbocycles. The van der Waals surface area contributed by atoms with E-state index in [1.807, 2.05) is 19.3 Å². The molecule has 1 aliphatic heterocycles. The summed E-state index contributed by atoms with van der Waals surface area (Å²) in [5.74, 6) is 0. The molecule has 17 heavy (non-hydrogen) atoms. The quantitative estimate of drug-likeness (QED) is 0.851. The summed E-state index contributed by atoms with van der Waals surface area (Å²) in [6.45, 7) is 2.19. The molecule has 0 spiro atoms. The van der Waals surface area contributed by atoms with Gasteiger partial charge in [0.1, 0.15) is 0 Å². The third kappa shape index (κ3) is 1.87. The lowest BCUT2D eigenvalue weighted by atomic mass is 10.2. The number of nitrogens with zero attached hydrogens (tertiary/aromatic N) is 2. The van der Waals surface area contributed by atoms with Crippen LogP contribution in [-0.4, -0.2) is 31.2 Å². The standard InChI is InChI=1S/C14H17N3/c1-15-12-7-9-17(10-12)13-6-2-4-11-5-3-8-16-14(11)13/h2-6,8,12,15H,7,9-10H2,1H3. The molecule has 3 nitrogen and oxygen atoms in total. The molecular weight excluding hydrogens is 210 g/mol. The number of likely N-dealkylation sites (N-methyl/N-ethyl adjacent to an activating group) is 1. The molecular formula is C14H17N3. The van der Waals surface area contributed by atoms with Crippen LogP contribution in [0.15, 0.2) is 36.5 Å². The van der Waals surface area contributed by atoms with Crippen molar-refractivity contribution in [3.05, 3.63) is 36.5 Å². The fourth-order valence-corrected chi connectivity index (χ4v) is 2.56. The number of benzene rings is 1. The van der Waals surface area contributed by atoms with Crippen molar-refractivity contribution in [3.8, 4) is 0 Å². The highest BCUT2D eigenvalue weighted by molar-refractivity contribution is 5.90. The van der Waals surface area contributed by atoms with E-state index in [2.05, 4.69) is 39.5 Å². The molecule has 3 rings (SSSR count). The molecule has 0 saturated carbocycles. The van der Waals surface area contributed by atoms with Gasteiger partial charge in [-0.3, -0.25) is 4.98 Å². The number of aromatic nitrogens is 1. The molecule has 1 atom stereocenters. The summed E-state index contributed by atoms with van der Waals surface area (Å²) in [7, 11) is 2.04. The third-order valence-electron chi connectivity index (χ3n) is 3.55. The van der Waals surface area contributed by atoms with E-state index < -0.39 is 0 Å². The zero-order chi connectivity index (χ0) is 11.7. The molecule has 2 heterocycles. The van der Waals surface area contributed by atoms with Crippen molar-refractivity contribution in [3.63, 3.8) is 0 Å². The number of rotatable bonds is 2. The predicted molar refractivity (Wildman–Crippen MR) is 71.4 cm³/mol. The Labute approximate surface area is 101 Å². The van der Waals surface area contributed by atoms with Gasteiger partial charge in [0.2, 0.25) is 0 Å². The minimum Gasteiger partial charge on any atom is -0.368 e. The highest BCUT2D eigenvalue weighted by Gasteiger charge is 2.22. The Kier molecular flexibility index (Phi) is 2.69. The van der Waals surface area contributed by atoms with Crippen molar-refractivity contribution in [2.75, 3.05) is 25.0 Å². The van der Waals surface area contributed by atoms with Gasteiger partial charge in [0.05, 0.1) is 11.2 Å². The first-order valence-corrected chi connectivity index (χ1v) is 6.14. The van der Waals surface area contributed by atoms with E-state index in [1.54, 1.807) is 0 Å². The van der Waals surface area contributed by atoms with Gasteiger partial charge >= 0.3 is 0 Å². The molecule has 88 valence electrons. The first kappa shape index (κ1) is 10.5. The number of hydrogen-bond acceptors (Lipinski definition) is 3. The van der Waals surface area contributed by atoms with E-state index in [0.717, 1.165) is 18.6 Å². The van der Waals surface area contributed by atoms with Gasteiger partial charge in [-0.05, 0) is 25.6 Å². The van der Waals surface area contributed by atoms with Crippen LogP contribution >= 0.6 is 0 Å². The summed E-state index contributed by atoms with van der Waals surface area (Å²) in [6.07, 6.45) is 3.08. The van der Waals surface area contributed by atoms with E-state index in [9.17, 15) is 0 Å². The summed E-state index contributed by atoms with van der Waals surface area (Å²) < 4.78 is 0. The number of nitrogens with one attached hydrogen (secondary N) is 1. The average molecular weight is 227 g/mol. The normalized spacial score (nSPS) is 20.1. The third-order valence-corrected chi connectivity index (χ3v) is 3.55. The van der Waals surface area contributed by atoms with Crippen LogP contribution in [0.5, 0.6) is 0 Å². The lowest BCUT2D eigenvalue weighted by molar-refractivity contribution is 0.617. The van der Waals surface area contributed by atoms with Gasteiger partial charge < -0.3 is 10.2 Å². The fraction of sp³-hybridized carbons (Fsp3) is 0.357. The highest BCUT2D eigenvalue weighted by atomic mass is 15.2. The Morgan fingerprint density at radius 2 is 2.18 bits per heavy atom. The summed E-state index contributed by atoms with van der Waals surface area (Å²) >= 11 is 0. The van der Waals surface area contributed by atoms with Crippen molar-refractivity contribution in [2.45, 2.75) is 12.5 Å². The molecule has 2 aromatic rings. The molecule has 0 amide bonds. The van der Waals surface area contributed by atoms with Gasteiger partial charge in [0, 0.05) is 30.7 Å². The van der Waals surface area contributed by atoms with Crippen molar-refractivity contribution >= 4 is 16.6 Å². The fourth-order valence-electron chi connectivity index (χ4n) is 2.56. The lowest BCUT2D eigenvalue weighted by Crippen LogP contribution is -2.29. The molecule has 3 heteroatoms. The van der Waals surface area contributed by atoms with Crippen molar-refractivity contribution in [1.29, 1.82) is 0 Å². The number of pyridine rings is 1. The number of fused-ring (bicyclic) bond motifs is 1. The summed E-state index contributed by atoms with van der Waals surface area (Å²) in [4.78, 5) is 6.94. The Bertz CT molecular complexity index is 518. The van der Waals surface area contributed by atoms with Crippen LogP contribution < -0.4 is 10.2 Å². The first-order chi connectivity index (χ1) is 8.38. The second kappa shape index (κ2) is 4.34. The summed E-state index contributed by atoms with van der Waals surface area (Å²) in [5, 5.41) is 4.57. The van der Waals surface area contributed by atoms with Gasteiger partial charge in [-0.1, -0.05) is 18.2 Å². The maximum Gasteiger partial charge on any atom is 0.0935 e. The second-order valence-corrected chi connectivity index (χ2v) is 4.57. The van der Waals surface area contributed by atoms with Crippen LogP contribution in [0.2, 0.25) is 0 Å². The van der Waals surface area contributed by atoms with Crippen LogP contribution in [0.1, 0.15) is 6.42 Å². The second-order valence-electron chi connectivity index (χ2n) is 4.57. The number of para-hydroxylation sites is 1. The summed E-state index contributed by atoms with van der Waals surface area (Å²) in [6, 6.07) is 11.1. The maximum atomic E-state index is 4.51. The van der Waals surface area contributed by atoms with E-state index >= 15 is 0 Å². The van der Waals surface area contributed by atoms with Crippen LogP contribution in [0.25, 0.3) is 10.9 Å². The Balaban J connectivity index is 2.00. The van der Waals surface area contributed by atoms with Gasteiger partial charge in [0.25, 0.3) is 0 Å². The zero-order valence-corrected chi connectivity index (χ0v) is 10.1. The van der Waals surface area contributed by atoms with E-state index in [0.29, 0.717) is 6.04 Å². The van der Waals surface area contributed by atoms with Crippen LogP contribution in [0.4, 0.5) is 5.69 Å². The molecule has 1 N–H and O–H groups in total. The molecule has 0 bridgehead atoms. The van der Waals surface area contributed by atoms with Gasteiger partial charge in [-0.2, -0.15) is 0 Å². The highest BCUT2D eigenvalue weighted by Crippen LogP contribution is 2.27. The lowest BCUT2D eigenvalue weighted by Gasteiger charge is -2.19. The molecule has 1 unspecified atom stereocenters. The van der Waals surface area contributed by atoms with Crippen LogP contribution in [-0.2, 0) is 0 Å². The van der Waals surface area contributed by atoms with E-state index in [4.69, 9.17) is 0 Å². The van der Waals surface area contributed by atoms with E-state index in [1.165, 1.54) is 17.5 Å². The van der Waals surface area contributed by atoms with Gasteiger partial charge in [0.15, 0.2) is 0 Å². The minimum absolute atomic E-state index is 0.606. The Morgan fingerprint density at radius 1 is 1.29 bits per heavy atom. The van der Waals surface area contributed by atoms with Crippen LogP contribution in [0.3, 0.4) is 0 Å². The van der Waals surface area contributed by atoms with Gasteiger partial charge in [-0.15, -0.1) is 0 Å². The zero-order valence-electron chi connectivity index (χ0n) is 10.1. The minimum atomic E-state index is 0.606. The Morgan fingerprint density at radius 3 is 3.00 bits per heavy atom. The summed E-state index contributed by atoms with van der Waals surface area (Å²) in [5.41, 5.74) is 2.38. The van der Waals surface area contributed by atoms with Gasteiger partial charge in [-0.25, -0.2) is 0 Å². The number of anilines is 1.